The maximum absolute atomic E-state index is 12.7. The quantitative estimate of drug-likeness (QED) is 0.682. The van der Waals surface area contributed by atoms with Gasteiger partial charge in [0.05, 0.1) is 0 Å². The molecule has 1 atom stereocenters. The Bertz CT molecular complexity index is 326. The lowest BCUT2D eigenvalue weighted by Gasteiger charge is -2.24. The summed E-state index contributed by atoms with van der Waals surface area (Å²) < 4.78 is 12.7. The van der Waals surface area contributed by atoms with E-state index in [2.05, 4.69) is 0 Å². The first-order valence-corrected chi connectivity index (χ1v) is 4.36. The van der Waals surface area contributed by atoms with Crippen molar-refractivity contribution in [2.24, 2.45) is 5.73 Å². The molecule has 0 radical (unpaired) electrons. The number of rotatable bonds is 3. The number of hydrogen-bond acceptors (Lipinski definition) is 3. The van der Waals surface area contributed by atoms with Gasteiger partial charge in [0, 0.05) is 12.1 Å². The molecule has 0 aliphatic heterocycles. The molecule has 1 rings (SSSR count). The topological polar surface area (TPSA) is 66.5 Å². The SMILES string of the molecule is C[C@](N)(CCO)c1ccc(F)c(O)c1. The van der Waals surface area contributed by atoms with Crippen LogP contribution in [0.2, 0.25) is 0 Å². The van der Waals surface area contributed by atoms with Gasteiger partial charge in [-0.25, -0.2) is 4.39 Å². The van der Waals surface area contributed by atoms with Crippen LogP contribution in [0.5, 0.6) is 5.75 Å². The van der Waals surface area contributed by atoms with Crippen molar-refractivity contribution in [2.45, 2.75) is 18.9 Å². The van der Waals surface area contributed by atoms with Crippen molar-refractivity contribution in [3.63, 3.8) is 0 Å². The number of benzene rings is 1. The van der Waals surface area contributed by atoms with Gasteiger partial charge in [-0.1, -0.05) is 6.07 Å². The molecule has 0 heterocycles. The Morgan fingerprint density at radius 1 is 1.50 bits per heavy atom. The zero-order chi connectivity index (χ0) is 10.8. The first kappa shape index (κ1) is 10.9. The monoisotopic (exact) mass is 199 g/mol. The Labute approximate surface area is 82.0 Å². The van der Waals surface area contributed by atoms with Crippen molar-refractivity contribution >= 4 is 0 Å². The molecule has 1 aromatic rings. The fourth-order valence-electron chi connectivity index (χ4n) is 1.24. The molecule has 0 spiro atoms. The highest BCUT2D eigenvalue weighted by atomic mass is 19.1. The zero-order valence-electron chi connectivity index (χ0n) is 8.00. The van der Waals surface area contributed by atoms with Gasteiger partial charge in [-0.05, 0) is 31.0 Å². The van der Waals surface area contributed by atoms with E-state index in [0.717, 1.165) is 6.07 Å². The van der Waals surface area contributed by atoms with Crippen molar-refractivity contribution < 1.29 is 14.6 Å². The molecular weight excluding hydrogens is 185 g/mol. The molecule has 0 unspecified atom stereocenters. The van der Waals surface area contributed by atoms with Crippen LogP contribution in [0.15, 0.2) is 18.2 Å². The highest BCUT2D eigenvalue weighted by Gasteiger charge is 2.21. The number of hydrogen-bond donors (Lipinski definition) is 3. The van der Waals surface area contributed by atoms with Gasteiger partial charge < -0.3 is 15.9 Å². The number of aliphatic hydroxyl groups is 1. The fourth-order valence-corrected chi connectivity index (χ4v) is 1.24. The summed E-state index contributed by atoms with van der Waals surface area (Å²) in [4.78, 5) is 0. The Morgan fingerprint density at radius 2 is 2.14 bits per heavy atom. The smallest absolute Gasteiger partial charge is 0.164 e. The average molecular weight is 199 g/mol. The van der Waals surface area contributed by atoms with Crippen molar-refractivity contribution in [1.82, 2.24) is 0 Å². The molecule has 78 valence electrons. The standard InChI is InChI=1S/C10H14FNO2/c1-10(12,4-5-13)7-2-3-8(11)9(14)6-7/h2-3,6,13-14H,4-5,12H2,1H3/t10-/m0/s1. The maximum Gasteiger partial charge on any atom is 0.164 e. The van der Waals surface area contributed by atoms with Gasteiger partial charge in [-0.2, -0.15) is 0 Å². The summed E-state index contributed by atoms with van der Waals surface area (Å²) in [6.45, 7) is 1.67. The first-order valence-electron chi connectivity index (χ1n) is 4.36. The lowest BCUT2D eigenvalue weighted by Crippen LogP contribution is -2.33. The largest absolute Gasteiger partial charge is 0.505 e. The summed E-state index contributed by atoms with van der Waals surface area (Å²) in [6, 6.07) is 3.95. The molecule has 0 bridgehead atoms. The molecule has 3 nitrogen and oxygen atoms in total. The van der Waals surface area contributed by atoms with Crippen LogP contribution in [-0.2, 0) is 5.54 Å². The third-order valence-electron chi connectivity index (χ3n) is 2.24. The first-order chi connectivity index (χ1) is 6.47. The number of halogens is 1. The third kappa shape index (κ3) is 2.21. The summed E-state index contributed by atoms with van der Waals surface area (Å²) in [6.07, 6.45) is 0.359. The second-order valence-corrected chi connectivity index (χ2v) is 3.56. The second-order valence-electron chi connectivity index (χ2n) is 3.56. The van der Waals surface area contributed by atoms with E-state index >= 15 is 0 Å². The number of nitrogens with two attached hydrogens (primary N) is 1. The lowest BCUT2D eigenvalue weighted by molar-refractivity contribution is 0.247. The summed E-state index contributed by atoms with van der Waals surface area (Å²) in [5.41, 5.74) is 5.73. The van der Waals surface area contributed by atoms with Gasteiger partial charge in [0.1, 0.15) is 0 Å². The predicted octanol–water partition coefficient (Wildman–Crippen LogP) is 1.09. The van der Waals surface area contributed by atoms with Crippen molar-refractivity contribution in [2.75, 3.05) is 6.61 Å². The van der Waals surface area contributed by atoms with E-state index in [9.17, 15) is 4.39 Å². The molecule has 0 aromatic heterocycles. The third-order valence-corrected chi connectivity index (χ3v) is 2.24. The molecule has 0 fully saturated rings. The van der Waals surface area contributed by atoms with E-state index in [1.54, 1.807) is 6.92 Å². The van der Waals surface area contributed by atoms with E-state index < -0.39 is 17.1 Å². The van der Waals surface area contributed by atoms with Gasteiger partial charge in [0.15, 0.2) is 11.6 Å². The Morgan fingerprint density at radius 3 is 2.64 bits per heavy atom. The maximum atomic E-state index is 12.7. The molecule has 0 aliphatic carbocycles. The predicted molar refractivity (Wildman–Crippen MR) is 51.3 cm³/mol. The van der Waals surface area contributed by atoms with Crippen LogP contribution in [-0.4, -0.2) is 16.8 Å². The van der Waals surface area contributed by atoms with Crippen LogP contribution in [0.1, 0.15) is 18.9 Å². The van der Waals surface area contributed by atoms with Crippen LogP contribution < -0.4 is 5.73 Å². The number of phenolic OH excluding ortho intramolecular Hbond substituents is 1. The minimum Gasteiger partial charge on any atom is -0.505 e. The van der Waals surface area contributed by atoms with Crippen LogP contribution in [0, 0.1) is 5.82 Å². The molecular formula is C10H14FNO2. The Balaban J connectivity index is 3.01. The normalized spacial score (nSPS) is 15.1. The lowest BCUT2D eigenvalue weighted by atomic mass is 9.90. The molecule has 14 heavy (non-hydrogen) atoms. The number of phenols is 1. The zero-order valence-corrected chi connectivity index (χ0v) is 8.00. The van der Waals surface area contributed by atoms with Crippen molar-refractivity contribution in [1.29, 1.82) is 0 Å². The van der Waals surface area contributed by atoms with Gasteiger partial charge in [-0.3, -0.25) is 0 Å². The number of aliphatic hydroxyl groups excluding tert-OH is 1. The van der Waals surface area contributed by atoms with Gasteiger partial charge >= 0.3 is 0 Å². The van der Waals surface area contributed by atoms with E-state index in [1.807, 2.05) is 0 Å². The second kappa shape index (κ2) is 3.94. The molecule has 0 aliphatic rings. The van der Waals surface area contributed by atoms with E-state index in [1.165, 1.54) is 12.1 Å². The minimum atomic E-state index is -0.750. The van der Waals surface area contributed by atoms with Gasteiger partial charge in [0.2, 0.25) is 0 Å². The van der Waals surface area contributed by atoms with Crippen LogP contribution in [0.25, 0.3) is 0 Å². The average Bonchev–Trinajstić information content (AvgIpc) is 2.09. The van der Waals surface area contributed by atoms with Crippen LogP contribution >= 0.6 is 0 Å². The Kier molecular flexibility index (Phi) is 3.08. The Hall–Kier alpha value is -1.13. The fraction of sp³-hybridized carbons (Fsp3) is 0.400. The van der Waals surface area contributed by atoms with Crippen LogP contribution in [0.3, 0.4) is 0 Å². The molecule has 0 amide bonds. The molecule has 0 saturated heterocycles. The summed E-state index contributed by atoms with van der Waals surface area (Å²) in [7, 11) is 0. The number of aromatic hydroxyl groups is 1. The molecule has 1 aromatic carbocycles. The summed E-state index contributed by atoms with van der Waals surface area (Å²) in [5.74, 6) is -1.09. The summed E-state index contributed by atoms with van der Waals surface area (Å²) >= 11 is 0. The van der Waals surface area contributed by atoms with E-state index in [-0.39, 0.29) is 6.61 Å². The van der Waals surface area contributed by atoms with Crippen molar-refractivity contribution in [3.05, 3.63) is 29.6 Å². The minimum absolute atomic E-state index is 0.0505. The highest BCUT2D eigenvalue weighted by molar-refractivity contribution is 5.33. The molecule has 0 saturated carbocycles. The molecule has 4 heteroatoms. The van der Waals surface area contributed by atoms with E-state index in [0.29, 0.717) is 12.0 Å². The van der Waals surface area contributed by atoms with Crippen molar-refractivity contribution in [3.8, 4) is 5.75 Å². The van der Waals surface area contributed by atoms with Crippen LogP contribution in [0.4, 0.5) is 4.39 Å². The highest BCUT2D eigenvalue weighted by Crippen LogP contribution is 2.26. The summed E-state index contributed by atoms with van der Waals surface area (Å²) in [5, 5.41) is 17.9. The van der Waals surface area contributed by atoms with Gasteiger partial charge in [0.25, 0.3) is 0 Å². The van der Waals surface area contributed by atoms with Gasteiger partial charge in [-0.15, -0.1) is 0 Å². The van der Waals surface area contributed by atoms with E-state index in [4.69, 9.17) is 15.9 Å². The molecule has 4 N–H and O–H groups in total.